The molecule has 1 fully saturated rings. The van der Waals surface area contributed by atoms with Crippen LogP contribution in [0.2, 0.25) is 0 Å². The molecule has 1 aromatic carbocycles. The van der Waals surface area contributed by atoms with Crippen molar-refractivity contribution >= 4 is 6.03 Å². The van der Waals surface area contributed by atoms with Crippen LogP contribution in [-0.4, -0.2) is 30.1 Å². The van der Waals surface area contributed by atoms with Crippen molar-refractivity contribution in [2.24, 2.45) is 11.7 Å². The van der Waals surface area contributed by atoms with Gasteiger partial charge < -0.3 is 15.4 Å². The lowest BCUT2D eigenvalue weighted by atomic mass is 9.86. The average molecular weight is 326 g/mol. The van der Waals surface area contributed by atoms with Crippen molar-refractivity contribution in [3.8, 4) is 0 Å². The van der Waals surface area contributed by atoms with Gasteiger partial charge in [-0.25, -0.2) is 13.6 Å². The number of halogens is 2. The van der Waals surface area contributed by atoms with Crippen LogP contribution in [0.5, 0.6) is 0 Å². The molecule has 0 unspecified atom stereocenters. The summed E-state index contributed by atoms with van der Waals surface area (Å²) in [4.78, 5) is 13.3. The van der Waals surface area contributed by atoms with Crippen molar-refractivity contribution in [3.63, 3.8) is 0 Å². The second-order valence-electron chi connectivity index (χ2n) is 6.23. The van der Waals surface area contributed by atoms with Crippen molar-refractivity contribution in [2.75, 3.05) is 13.2 Å². The van der Waals surface area contributed by atoms with Crippen molar-refractivity contribution in [1.29, 1.82) is 0 Å². The number of nitrogens with two attached hydrogens (primary N) is 1. The fraction of sp³-hybridized carbons (Fsp3) is 0.588. The Hall–Kier alpha value is -1.69. The molecular formula is C17H24F2N2O2. The van der Waals surface area contributed by atoms with E-state index < -0.39 is 17.7 Å². The quantitative estimate of drug-likeness (QED) is 0.814. The van der Waals surface area contributed by atoms with E-state index >= 15 is 0 Å². The zero-order valence-electron chi connectivity index (χ0n) is 13.4. The minimum atomic E-state index is -0.627. The Morgan fingerprint density at radius 2 is 2.00 bits per heavy atom. The van der Waals surface area contributed by atoms with Gasteiger partial charge in [-0.15, -0.1) is 0 Å². The third-order valence-electron chi connectivity index (χ3n) is 4.46. The van der Waals surface area contributed by atoms with E-state index in [-0.39, 0.29) is 19.3 Å². The number of carbonyl (C=O) groups excluding carboxylic acids is 1. The first-order valence-electron chi connectivity index (χ1n) is 8.05. The molecular weight excluding hydrogens is 302 g/mol. The Morgan fingerprint density at radius 1 is 1.30 bits per heavy atom. The van der Waals surface area contributed by atoms with Gasteiger partial charge in [0.15, 0.2) is 0 Å². The first kappa shape index (κ1) is 17.7. The topological polar surface area (TPSA) is 55.6 Å². The average Bonchev–Trinajstić information content (AvgIpc) is 2.50. The van der Waals surface area contributed by atoms with Crippen molar-refractivity contribution < 1.29 is 18.3 Å². The maximum absolute atomic E-state index is 13.5. The summed E-state index contributed by atoms with van der Waals surface area (Å²) in [5.41, 5.74) is 5.76. The molecule has 0 heterocycles. The van der Waals surface area contributed by atoms with E-state index in [0.717, 1.165) is 31.7 Å². The van der Waals surface area contributed by atoms with E-state index in [0.29, 0.717) is 18.0 Å². The molecule has 0 aromatic heterocycles. The molecule has 1 aromatic rings. The number of amides is 2. The molecule has 0 spiro atoms. The third-order valence-corrected chi connectivity index (χ3v) is 4.46. The molecule has 0 atom stereocenters. The number of benzene rings is 1. The maximum atomic E-state index is 13.5. The molecule has 1 aliphatic rings. The van der Waals surface area contributed by atoms with Gasteiger partial charge in [-0.3, -0.25) is 0 Å². The molecule has 4 nitrogen and oxygen atoms in total. The standard InChI is InChI=1S/C17H24F2N2O2/c1-12-2-6-15(7-3-12)21(17(20)22)8-9-23-11-13-4-5-14(18)10-16(13)19/h4-5,10,12,15H,2-3,6-9,11H2,1H3,(H2,20,22). The lowest BCUT2D eigenvalue weighted by Gasteiger charge is -2.35. The van der Waals surface area contributed by atoms with Gasteiger partial charge in [0.2, 0.25) is 0 Å². The smallest absolute Gasteiger partial charge is 0.315 e. The molecule has 0 radical (unpaired) electrons. The molecule has 1 saturated carbocycles. The van der Waals surface area contributed by atoms with Crippen LogP contribution in [0, 0.1) is 17.6 Å². The van der Waals surface area contributed by atoms with E-state index in [1.807, 2.05) is 0 Å². The monoisotopic (exact) mass is 326 g/mol. The summed E-state index contributed by atoms with van der Waals surface area (Å²) < 4.78 is 31.7. The number of ether oxygens (including phenoxy) is 1. The number of hydrogen-bond donors (Lipinski definition) is 1. The Kier molecular flexibility index (Phi) is 6.33. The first-order chi connectivity index (χ1) is 11.0. The number of nitrogens with zero attached hydrogens (tertiary/aromatic N) is 1. The maximum Gasteiger partial charge on any atom is 0.315 e. The van der Waals surface area contributed by atoms with Crippen LogP contribution in [0.15, 0.2) is 18.2 Å². The summed E-state index contributed by atoms with van der Waals surface area (Å²) in [5, 5.41) is 0. The van der Waals surface area contributed by atoms with Gasteiger partial charge in [0.05, 0.1) is 13.2 Å². The first-order valence-corrected chi connectivity index (χ1v) is 8.05. The minimum Gasteiger partial charge on any atom is -0.375 e. The van der Waals surface area contributed by atoms with Crippen LogP contribution in [0.4, 0.5) is 13.6 Å². The van der Waals surface area contributed by atoms with Gasteiger partial charge in [-0.05, 0) is 37.7 Å². The van der Waals surface area contributed by atoms with Crippen LogP contribution in [0.25, 0.3) is 0 Å². The fourth-order valence-corrected chi connectivity index (χ4v) is 3.01. The number of primary amides is 1. The highest BCUT2D eigenvalue weighted by Gasteiger charge is 2.25. The highest BCUT2D eigenvalue weighted by molar-refractivity contribution is 5.72. The number of hydrogen-bond acceptors (Lipinski definition) is 2. The molecule has 0 bridgehead atoms. The van der Waals surface area contributed by atoms with Crippen LogP contribution in [0.3, 0.4) is 0 Å². The molecule has 128 valence electrons. The molecule has 2 N–H and O–H groups in total. The number of urea groups is 1. The number of rotatable bonds is 6. The minimum absolute atomic E-state index is 0.0421. The molecule has 0 aliphatic heterocycles. The zero-order chi connectivity index (χ0) is 16.8. The fourth-order valence-electron chi connectivity index (χ4n) is 3.01. The van der Waals surface area contributed by atoms with Gasteiger partial charge in [0.1, 0.15) is 11.6 Å². The Morgan fingerprint density at radius 3 is 2.61 bits per heavy atom. The molecule has 0 saturated heterocycles. The van der Waals surface area contributed by atoms with Crippen molar-refractivity contribution in [3.05, 3.63) is 35.4 Å². The third kappa shape index (κ3) is 5.16. The second kappa shape index (κ2) is 8.24. The molecule has 23 heavy (non-hydrogen) atoms. The van der Waals surface area contributed by atoms with Gasteiger partial charge in [-0.2, -0.15) is 0 Å². The SMILES string of the molecule is CC1CCC(N(CCOCc2ccc(F)cc2F)C(N)=O)CC1. The van der Waals surface area contributed by atoms with Gasteiger partial charge >= 0.3 is 6.03 Å². The Balaban J connectivity index is 1.79. The molecule has 1 aliphatic carbocycles. The van der Waals surface area contributed by atoms with Gasteiger partial charge in [0, 0.05) is 24.2 Å². The lowest BCUT2D eigenvalue weighted by Crippen LogP contribution is -2.46. The Bertz CT molecular complexity index is 531. The zero-order valence-corrected chi connectivity index (χ0v) is 13.4. The van der Waals surface area contributed by atoms with Crippen LogP contribution in [0.1, 0.15) is 38.2 Å². The normalized spacial score (nSPS) is 21.2. The van der Waals surface area contributed by atoms with E-state index in [1.54, 1.807) is 4.90 Å². The summed E-state index contributed by atoms with van der Waals surface area (Å²) in [7, 11) is 0. The molecule has 6 heteroatoms. The summed E-state index contributed by atoms with van der Waals surface area (Å²) in [6.45, 7) is 2.91. The highest BCUT2D eigenvalue weighted by Crippen LogP contribution is 2.26. The van der Waals surface area contributed by atoms with Gasteiger partial charge in [-0.1, -0.05) is 13.0 Å². The van der Waals surface area contributed by atoms with Crippen LogP contribution in [-0.2, 0) is 11.3 Å². The molecule has 2 rings (SSSR count). The second-order valence-corrected chi connectivity index (χ2v) is 6.23. The van der Waals surface area contributed by atoms with E-state index in [1.165, 1.54) is 12.1 Å². The van der Waals surface area contributed by atoms with E-state index in [2.05, 4.69) is 6.92 Å². The van der Waals surface area contributed by atoms with Crippen LogP contribution >= 0.6 is 0 Å². The highest BCUT2D eigenvalue weighted by atomic mass is 19.1. The van der Waals surface area contributed by atoms with Crippen LogP contribution < -0.4 is 5.73 Å². The summed E-state index contributed by atoms with van der Waals surface area (Å²) in [6.07, 6.45) is 4.10. The van der Waals surface area contributed by atoms with E-state index in [9.17, 15) is 13.6 Å². The Labute approximate surface area is 135 Å². The van der Waals surface area contributed by atoms with E-state index in [4.69, 9.17) is 10.5 Å². The predicted octanol–water partition coefficient (Wildman–Crippen LogP) is 3.44. The largest absolute Gasteiger partial charge is 0.375 e. The predicted molar refractivity (Wildman–Crippen MR) is 83.7 cm³/mol. The summed E-state index contributed by atoms with van der Waals surface area (Å²) in [5.74, 6) is -0.547. The molecule has 2 amide bonds. The van der Waals surface area contributed by atoms with Crippen molar-refractivity contribution in [2.45, 2.75) is 45.3 Å². The van der Waals surface area contributed by atoms with Gasteiger partial charge in [0.25, 0.3) is 0 Å². The summed E-state index contributed by atoms with van der Waals surface area (Å²) in [6, 6.07) is 3.10. The number of carbonyl (C=O) groups is 1. The van der Waals surface area contributed by atoms with Crippen molar-refractivity contribution in [1.82, 2.24) is 4.90 Å². The lowest BCUT2D eigenvalue weighted by molar-refractivity contribution is 0.0788. The summed E-state index contributed by atoms with van der Waals surface area (Å²) >= 11 is 0.